The summed E-state index contributed by atoms with van der Waals surface area (Å²) in [7, 11) is 1.42. The molecule has 6 rings (SSSR count). The molecule has 1 fully saturated rings. The van der Waals surface area contributed by atoms with E-state index in [0.717, 1.165) is 22.6 Å². The SMILES string of the molecule is COc1ccc(C[C@H](NC(=O)[C@@H](NC(=O)[C@H](CCC(N)=O)NC(=O)[C@H](Cc2c[nH]c3ccccc23)NC(=O)[C@@H](NC(=O)[C@H](CCC(N)=O)NC(=O)[C@@H](NCN2C(=O)COCC2=O)C(C)(C)S)[C@@H](C)O)C(C)(C)S)C(=O)N[C@@H](Cc2ccc3ccccc3c2)C(=O)N[C@@](C)(CCCCN)C(=O)N[C@@H](CCCCNC(C)=O)C(=O)N[C@@H](CC(N)=O)C(=O)NCC(N)=O)cc1. The summed E-state index contributed by atoms with van der Waals surface area (Å²) in [5, 5.41) is 47.1. The van der Waals surface area contributed by atoms with Crippen molar-refractivity contribution in [3.63, 3.8) is 0 Å². The van der Waals surface area contributed by atoms with Gasteiger partial charge in [0.15, 0.2) is 0 Å². The number of methoxy groups -OCH3 is 1. The van der Waals surface area contributed by atoms with Crippen LogP contribution in [-0.2, 0) is 110 Å². The van der Waals surface area contributed by atoms with Crippen LogP contribution in [0, 0.1) is 0 Å². The van der Waals surface area contributed by atoms with E-state index < -0.39 is 247 Å². The molecule has 692 valence electrons. The van der Waals surface area contributed by atoms with E-state index in [2.05, 4.69) is 86.7 Å². The average molecular weight is 1810 g/mol. The highest BCUT2D eigenvalue weighted by Crippen LogP contribution is 2.26. The number of aromatic nitrogens is 1. The Labute approximate surface area is 744 Å². The standard InChI is InChI=1S/C84H118N20O21S2/c1-45(105)68(101-73(115)56(28-30-62(86)107)95-79(121)69(82(3,4)126)93-44-104-66(111)42-125-43-67(104)112)78(120)98-60(38-51-40-91-54-20-12-11-19-53(51)54)76(118)94-57(29-31-63(87)108)74(116)102-70(83(5,6)127)80(122)99-58(36-47-23-26-52(124-8)27-24-47)75(117)96-59(37-48-22-25-49-17-9-10-18-50(49)35-48)77(119)103-84(7,32-14-15-33-85)81(123)100-55(21-13-16-34-90-46(2)106)72(114)97-61(39-64(88)109)71(113)92-41-65(89)110/h9-12,17-20,22-27,35,40,45,55-61,68-70,91,93,105,126-127H,13-16,21,28-34,36-39,41-44,85H2,1-8H3,(H2,86,107)(H2,87,108)(H2,88,109)(H2,89,110)(H,90,106)(H,92,113)(H,94,118)(H,95,121)(H,96,117)(H,97,114)(H,98,120)(H,99,122)(H,100,123)(H,101,115)(H,102,116)(H,103,119)/t45-,55+,56+,57+,58+,59+,60+,61+,68+,69-,70-,84+/m1/s1. The molecule has 5 aromatic rings. The van der Waals surface area contributed by atoms with Crippen LogP contribution in [0.2, 0.25) is 0 Å². The predicted octanol–water partition coefficient (Wildman–Crippen LogP) is -3.86. The van der Waals surface area contributed by atoms with Crippen molar-refractivity contribution in [2.45, 2.75) is 220 Å². The molecule has 18 amide bonds. The highest BCUT2D eigenvalue weighted by atomic mass is 32.1. The zero-order valence-electron chi connectivity index (χ0n) is 72.1. The summed E-state index contributed by atoms with van der Waals surface area (Å²) in [6, 6.07) is 8.73. The maximum absolute atomic E-state index is 15.6. The van der Waals surface area contributed by atoms with Crippen molar-refractivity contribution in [1.82, 2.24) is 79.0 Å². The van der Waals surface area contributed by atoms with Crippen molar-refractivity contribution in [3.8, 4) is 5.75 Å². The van der Waals surface area contributed by atoms with Crippen LogP contribution in [0.4, 0.5) is 0 Å². The van der Waals surface area contributed by atoms with Gasteiger partial charge in [0.2, 0.25) is 94.5 Å². The van der Waals surface area contributed by atoms with E-state index in [-0.39, 0.29) is 63.9 Å². The molecule has 1 aliphatic rings. The summed E-state index contributed by atoms with van der Waals surface area (Å²) in [6.45, 7) is 7.93. The summed E-state index contributed by atoms with van der Waals surface area (Å²) in [6.07, 6.45) is -3.55. The molecule has 12 atom stereocenters. The van der Waals surface area contributed by atoms with Gasteiger partial charge in [-0.1, -0.05) is 72.8 Å². The van der Waals surface area contributed by atoms with E-state index in [1.807, 2.05) is 18.2 Å². The number of rotatable bonds is 53. The molecule has 43 heteroatoms. The van der Waals surface area contributed by atoms with Crippen molar-refractivity contribution >= 4 is 153 Å². The highest BCUT2D eigenvalue weighted by molar-refractivity contribution is 7.82. The number of nitrogens with two attached hydrogens (primary N) is 5. The van der Waals surface area contributed by atoms with Gasteiger partial charge in [-0.05, 0) is 145 Å². The second-order valence-corrected chi connectivity index (χ2v) is 34.6. The van der Waals surface area contributed by atoms with Gasteiger partial charge in [-0.15, -0.1) is 0 Å². The fourth-order valence-electron chi connectivity index (χ4n) is 13.7. The number of fused-ring (bicyclic) bond motifs is 2. The number of thiol groups is 2. The number of carbonyl (C=O) groups excluding carboxylic acids is 18. The lowest BCUT2D eigenvalue weighted by atomic mass is 9.91. The summed E-state index contributed by atoms with van der Waals surface area (Å²) in [5.74, 6) is -16.9. The Hall–Kier alpha value is -12.3. The minimum Gasteiger partial charge on any atom is -0.497 e. The van der Waals surface area contributed by atoms with Crippen LogP contribution in [0.1, 0.15) is 136 Å². The average Bonchev–Trinajstić information content (AvgIpc) is 1.80. The number of benzene rings is 4. The van der Waals surface area contributed by atoms with Gasteiger partial charge in [0, 0.05) is 72.2 Å². The number of para-hydroxylation sites is 1. The fourth-order valence-corrected chi connectivity index (χ4v) is 14.1. The molecule has 0 bridgehead atoms. The largest absolute Gasteiger partial charge is 0.497 e. The van der Waals surface area contributed by atoms with Gasteiger partial charge in [0.25, 0.3) is 11.8 Å². The van der Waals surface area contributed by atoms with E-state index in [0.29, 0.717) is 39.8 Å². The summed E-state index contributed by atoms with van der Waals surface area (Å²) < 4.78 is 7.48. The fraction of sp³-hybridized carbons (Fsp3) is 0.500. The van der Waals surface area contributed by atoms with Crippen LogP contribution in [0.3, 0.4) is 0 Å². The lowest BCUT2D eigenvalue weighted by Gasteiger charge is -2.34. The summed E-state index contributed by atoms with van der Waals surface area (Å²) in [4.78, 5) is 253. The minimum absolute atomic E-state index is 0.132. The number of imide groups is 1. The van der Waals surface area contributed by atoms with Gasteiger partial charge < -0.3 is 112 Å². The number of ether oxygens (including phenoxy) is 2. The van der Waals surface area contributed by atoms with E-state index in [4.69, 9.17) is 50.8 Å². The molecule has 127 heavy (non-hydrogen) atoms. The topological polar surface area (TPSA) is 651 Å². The Morgan fingerprint density at radius 1 is 0.528 bits per heavy atom. The first kappa shape index (κ1) is 103. The summed E-state index contributed by atoms with van der Waals surface area (Å²) in [5.41, 5.74) is 27.7. The van der Waals surface area contributed by atoms with E-state index in [1.54, 1.807) is 72.8 Å². The molecular formula is C84H118N20O21S2. The van der Waals surface area contributed by atoms with Crippen LogP contribution in [-0.4, -0.2) is 250 Å². The Balaban J connectivity index is 1.35. The van der Waals surface area contributed by atoms with Crippen LogP contribution in [0.15, 0.2) is 97.2 Å². The molecule has 41 nitrogen and oxygen atoms in total. The van der Waals surface area contributed by atoms with Crippen molar-refractivity contribution < 1.29 is 101 Å². The molecule has 2 heterocycles. The number of primary amides is 4. The molecule has 1 aromatic heterocycles. The third-order valence-corrected chi connectivity index (χ3v) is 21.2. The maximum Gasteiger partial charge on any atom is 0.256 e. The first-order valence-corrected chi connectivity index (χ1v) is 42.0. The molecule has 0 spiro atoms. The molecule has 25 N–H and O–H groups in total. The second kappa shape index (κ2) is 49.0. The van der Waals surface area contributed by atoms with E-state index in [1.165, 1.54) is 54.8 Å². The smallest absolute Gasteiger partial charge is 0.256 e. The van der Waals surface area contributed by atoms with Crippen LogP contribution >= 0.6 is 25.3 Å². The van der Waals surface area contributed by atoms with Gasteiger partial charge >= 0.3 is 0 Å². The number of unbranched alkanes of at least 4 members (excludes halogenated alkanes) is 2. The number of aromatic amines is 1. The number of aliphatic hydroxyl groups is 1. The number of amides is 18. The number of hydrogen-bond donors (Lipinski definition) is 22. The predicted molar refractivity (Wildman–Crippen MR) is 471 cm³/mol. The number of carbonyl (C=O) groups is 18. The molecule has 1 aliphatic heterocycles. The number of aliphatic hydroxyl groups excluding tert-OH is 1. The molecule has 0 aliphatic carbocycles. The van der Waals surface area contributed by atoms with Crippen molar-refractivity contribution in [3.05, 3.63) is 114 Å². The number of nitrogens with zero attached hydrogens (tertiary/aromatic N) is 1. The maximum atomic E-state index is 15.6. The molecule has 0 radical (unpaired) electrons. The lowest BCUT2D eigenvalue weighted by Crippen LogP contribution is -2.65. The van der Waals surface area contributed by atoms with Crippen LogP contribution < -0.4 is 103 Å². The number of nitrogens with one attached hydrogen (secondary N) is 14. The van der Waals surface area contributed by atoms with Gasteiger partial charge in [-0.25, -0.2) is 0 Å². The van der Waals surface area contributed by atoms with Gasteiger partial charge in [0.1, 0.15) is 84.9 Å². The monoisotopic (exact) mass is 1810 g/mol. The third-order valence-electron chi connectivity index (χ3n) is 20.7. The third kappa shape index (κ3) is 33.2. The molecular weight excluding hydrogens is 1690 g/mol. The Bertz CT molecular complexity index is 4770. The molecule has 0 unspecified atom stereocenters. The summed E-state index contributed by atoms with van der Waals surface area (Å²) >= 11 is 9.30. The first-order chi connectivity index (χ1) is 59.8. The Kier molecular flexibility index (Phi) is 39.9. The second-order valence-electron chi connectivity index (χ2n) is 32.3. The van der Waals surface area contributed by atoms with Crippen molar-refractivity contribution in [2.75, 3.05) is 46.6 Å². The normalized spacial score (nSPS) is 15.3. The lowest BCUT2D eigenvalue weighted by molar-refractivity contribution is -0.159. The zero-order chi connectivity index (χ0) is 94.2. The van der Waals surface area contributed by atoms with Gasteiger partial charge in [-0.3, -0.25) is 96.5 Å². The van der Waals surface area contributed by atoms with Gasteiger partial charge in [-0.2, -0.15) is 25.3 Å². The number of H-pyrrole nitrogens is 1. The number of morpholine rings is 1. The van der Waals surface area contributed by atoms with Crippen molar-refractivity contribution in [1.29, 1.82) is 0 Å². The molecule has 4 aromatic carbocycles. The Morgan fingerprint density at radius 2 is 1.04 bits per heavy atom. The van der Waals surface area contributed by atoms with E-state index >= 15 is 28.8 Å². The van der Waals surface area contributed by atoms with E-state index in [9.17, 15) is 62.6 Å². The zero-order valence-corrected chi connectivity index (χ0v) is 73.9. The van der Waals surface area contributed by atoms with Crippen LogP contribution in [0.25, 0.3) is 21.7 Å². The van der Waals surface area contributed by atoms with Crippen LogP contribution in [0.5, 0.6) is 5.75 Å². The van der Waals surface area contributed by atoms with Crippen molar-refractivity contribution in [2.24, 2.45) is 28.7 Å². The minimum atomic E-state index is -1.98. The molecule has 1 saturated heterocycles. The van der Waals surface area contributed by atoms with Gasteiger partial charge in [0.05, 0.1) is 32.8 Å². The highest BCUT2D eigenvalue weighted by Gasteiger charge is 2.44. The quantitative estimate of drug-likeness (QED) is 0.0101. The molecule has 0 saturated carbocycles. The first-order valence-electron chi connectivity index (χ1n) is 41.2. The Morgan fingerprint density at radius 3 is 1.62 bits per heavy atom. The number of hydrogen-bond acceptors (Lipinski definition) is 25.